The van der Waals surface area contributed by atoms with E-state index < -0.39 is 0 Å². The molecule has 1 aliphatic carbocycles. The second-order valence-corrected chi connectivity index (χ2v) is 7.82. The molecule has 0 radical (unpaired) electrons. The number of anilines is 1. The van der Waals surface area contributed by atoms with Crippen LogP contribution in [0.5, 0.6) is 0 Å². The van der Waals surface area contributed by atoms with Gasteiger partial charge in [-0.1, -0.05) is 6.92 Å². The van der Waals surface area contributed by atoms with Crippen LogP contribution in [0.3, 0.4) is 0 Å². The van der Waals surface area contributed by atoms with Crippen LogP contribution in [0, 0.1) is 0 Å². The van der Waals surface area contributed by atoms with E-state index in [0.29, 0.717) is 17.1 Å². The van der Waals surface area contributed by atoms with Gasteiger partial charge in [-0.3, -0.25) is 9.69 Å². The molecule has 1 fully saturated rings. The van der Waals surface area contributed by atoms with Crippen molar-refractivity contribution < 1.29 is 14.3 Å². The summed E-state index contributed by atoms with van der Waals surface area (Å²) in [5.74, 6) is -0.392. The molecule has 0 spiro atoms. The minimum Gasteiger partial charge on any atom is -0.465 e. The smallest absolute Gasteiger partial charge is 0.341 e. The van der Waals surface area contributed by atoms with E-state index in [-0.39, 0.29) is 11.9 Å². The lowest BCUT2D eigenvalue weighted by Crippen LogP contribution is -2.48. The number of methoxy groups -OCH3 is 1. The topological polar surface area (TPSA) is 61.9 Å². The standard InChI is InChI=1S/C18H27N3O3S/c1-3-7-20-8-10-21(11-9-20)12-15(22)19-17-16(18(23)24-2)13-5-4-6-14(13)25-17/h3-12H2,1-2H3,(H,19,22). The summed E-state index contributed by atoms with van der Waals surface area (Å²) in [7, 11) is 1.39. The lowest BCUT2D eigenvalue weighted by atomic mass is 10.1. The SMILES string of the molecule is CCCN1CCN(CC(=O)Nc2sc3c(c2C(=O)OC)CCC3)CC1. The van der Waals surface area contributed by atoms with Gasteiger partial charge in [0.05, 0.1) is 19.2 Å². The second-order valence-electron chi connectivity index (χ2n) is 6.72. The van der Waals surface area contributed by atoms with Gasteiger partial charge in [-0.25, -0.2) is 4.79 Å². The number of hydrogen-bond donors (Lipinski definition) is 1. The summed E-state index contributed by atoms with van der Waals surface area (Å²) in [4.78, 5) is 30.4. The van der Waals surface area contributed by atoms with Crippen LogP contribution in [0.4, 0.5) is 5.00 Å². The van der Waals surface area contributed by atoms with Crippen molar-refractivity contribution in [2.45, 2.75) is 32.6 Å². The van der Waals surface area contributed by atoms with Crippen molar-refractivity contribution in [1.29, 1.82) is 0 Å². The average Bonchev–Trinajstić information content (AvgIpc) is 3.17. The quantitative estimate of drug-likeness (QED) is 0.781. The predicted molar refractivity (Wildman–Crippen MR) is 99.5 cm³/mol. The molecule has 1 aliphatic heterocycles. The van der Waals surface area contributed by atoms with Crippen LogP contribution in [-0.4, -0.2) is 68.1 Å². The number of rotatable bonds is 6. The summed E-state index contributed by atoms with van der Waals surface area (Å²) in [6.45, 7) is 7.56. The highest BCUT2D eigenvalue weighted by Crippen LogP contribution is 2.39. The predicted octanol–water partition coefficient (Wildman–Crippen LogP) is 1.99. The number of aryl methyl sites for hydroxylation is 1. The summed E-state index contributed by atoms with van der Waals surface area (Å²) >= 11 is 1.53. The summed E-state index contributed by atoms with van der Waals surface area (Å²) in [6, 6.07) is 0. The molecule has 0 atom stereocenters. The van der Waals surface area contributed by atoms with Gasteiger partial charge in [-0.2, -0.15) is 0 Å². The number of nitrogens with one attached hydrogen (secondary N) is 1. The number of fused-ring (bicyclic) bond motifs is 1. The third kappa shape index (κ3) is 4.22. The van der Waals surface area contributed by atoms with Gasteiger partial charge >= 0.3 is 5.97 Å². The summed E-state index contributed by atoms with van der Waals surface area (Å²) in [5.41, 5.74) is 1.64. The molecular weight excluding hydrogens is 338 g/mol. The molecule has 6 nitrogen and oxygen atoms in total. The number of hydrogen-bond acceptors (Lipinski definition) is 6. The Morgan fingerprint density at radius 2 is 1.88 bits per heavy atom. The molecule has 0 aromatic carbocycles. The maximum atomic E-state index is 12.5. The molecule has 1 amide bonds. The highest BCUT2D eigenvalue weighted by Gasteiger charge is 2.28. The maximum absolute atomic E-state index is 12.5. The van der Waals surface area contributed by atoms with E-state index in [1.807, 2.05) is 0 Å². The molecule has 1 saturated heterocycles. The highest BCUT2D eigenvalue weighted by molar-refractivity contribution is 7.17. The highest BCUT2D eigenvalue weighted by atomic mass is 32.1. The zero-order chi connectivity index (χ0) is 17.8. The van der Waals surface area contributed by atoms with Crippen molar-refractivity contribution in [3.63, 3.8) is 0 Å². The van der Waals surface area contributed by atoms with Gasteiger partial charge in [-0.15, -0.1) is 11.3 Å². The van der Waals surface area contributed by atoms with Crippen LogP contribution in [0.1, 0.15) is 40.6 Å². The maximum Gasteiger partial charge on any atom is 0.341 e. The minimum absolute atomic E-state index is 0.0472. The molecule has 138 valence electrons. The van der Waals surface area contributed by atoms with Crippen LogP contribution >= 0.6 is 11.3 Å². The summed E-state index contributed by atoms with van der Waals surface area (Å²) in [6.07, 6.45) is 4.12. The summed E-state index contributed by atoms with van der Waals surface area (Å²) in [5, 5.41) is 3.62. The Balaban J connectivity index is 1.59. The zero-order valence-corrected chi connectivity index (χ0v) is 15.9. The van der Waals surface area contributed by atoms with Crippen molar-refractivity contribution >= 4 is 28.2 Å². The van der Waals surface area contributed by atoms with Crippen LogP contribution < -0.4 is 5.32 Å². The van der Waals surface area contributed by atoms with Gasteiger partial charge in [0.1, 0.15) is 5.00 Å². The average molecular weight is 365 g/mol. The summed E-state index contributed by atoms with van der Waals surface area (Å²) < 4.78 is 4.93. The fraction of sp³-hybridized carbons (Fsp3) is 0.667. The molecule has 7 heteroatoms. The Morgan fingerprint density at radius 1 is 1.16 bits per heavy atom. The molecular formula is C18H27N3O3S. The molecule has 3 rings (SSSR count). The lowest BCUT2D eigenvalue weighted by Gasteiger charge is -2.34. The Labute approximate surface area is 153 Å². The van der Waals surface area contributed by atoms with E-state index in [2.05, 4.69) is 22.0 Å². The molecule has 2 heterocycles. The fourth-order valence-electron chi connectivity index (χ4n) is 3.67. The second kappa shape index (κ2) is 8.29. The van der Waals surface area contributed by atoms with E-state index in [9.17, 15) is 9.59 Å². The molecule has 1 aromatic heterocycles. The Hall–Kier alpha value is -1.44. The van der Waals surface area contributed by atoms with Crippen LogP contribution in [0.2, 0.25) is 0 Å². The van der Waals surface area contributed by atoms with Gasteiger partial charge in [-0.05, 0) is 37.8 Å². The van der Waals surface area contributed by atoms with Gasteiger partial charge in [0.15, 0.2) is 0 Å². The Bertz CT molecular complexity index is 636. The van der Waals surface area contributed by atoms with Crippen LogP contribution in [-0.2, 0) is 22.4 Å². The number of esters is 1. The molecule has 25 heavy (non-hydrogen) atoms. The number of carbonyl (C=O) groups is 2. The first-order valence-electron chi connectivity index (χ1n) is 9.09. The Morgan fingerprint density at radius 3 is 2.56 bits per heavy atom. The normalized spacial score (nSPS) is 18.2. The van der Waals surface area contributed by atoms with E-state index >= 15 is 0 Å². The number of piperazine rings is 1. The van der Waals surface area contributed by atoms with Gasteiger partial charge < -0.3 is 15.0 Å². The van der Waals surface area contributed by atoms with Gasteiger partial charge in [0.25, 0.3) is 0 Å². The third-order valence-electron chi connectivity index (χ3n) is 4.94. The van der Waals surface area contributed by atoms with E-state index in [1.165, 1.54) is 29.7 Å². The van der Waals surface area contributed by atoms with Crippen molar-refractivity contribution in [3.8, 4) is 0 Å². The van der Waals surface area contributed by atoms with E-state index in [1.54, 1.807) is 0 Å². The van der Waals surface area contributed by atoms with Crippen molar-refractivity contribution in [2.24, 2.45) is 0 Å². The van der Waals surface area contributed by atoms with E-state index in [4.69, 9.17) is 4.74 Å². The van der Waals surface area contributed by atoms with Crippen LogP contribution in [0.15, 0.2) is 0 Å². The van der Waals surface area contributed by atoms with Crippen LogP contribution in [0.25, 0.3) is 0 Å². The fourth-order valence-corrected chi connectivity index (χ4v) is 4.96. The molecule has 0 unspecified atom stereocenters. The third-order valence-corrected chi connectivity index (χ3v) is 6.14. The molecule has 0 saturated carbocycles. The molecule has 1 N–H and O–H groups in total. The minimum atomic E-state index is -0.345. The van der Waals surface area contributed by atoms with Crippen molar-refractivity contribution in [3.05, 3.63) is 16.0 Å². The number of thiophene rings is 1. The number of nitrogens with zero attached hydrogens (tertiary/aromatic N) is 2. The zero-order valence-electron chi connectivity index (χ0n) is 15.1. The van der Waals surface area contributed by atoms with Gasteiger partial charge in [0.2, 0.25) is 5.91 Å². The Kier molecular flexibility index (Phi) is 6.09. The largest absolute Gasteiger partial charge is 0.465 e. The monoisotopic (exact) mass is 365 g/mol. The lowest BCUT2D eigenvalue weighted by molar-refractivity contribution is -0.117. The van der Waals surface area contributed by atoms with Crippen molar-refractivity contribution in [1.82, 2.24) is 9.80 Å². The first-order chi connectivity index (χ1) is 12.1. The number of carbonyl (C=O) groups excluding carboxylic acids is 2. The van der Waals surface area contributed by atoms with Gasteiger partial charge in [0, 0.05) is 31.1 Å². The molecule has 2 aliphatic rings. The molecule has 1 aromatic rings. The number of ether oxygens (including phenoxy) is 1. The number of amides is 1. The first kappa shape index (κ1) is 18.4. The molecule has 0 bridgehead atoms. The van der Waals surface area contributed by atoms with E-state index in [0.717, 1.165) is 57.5 Å². The first-order valence-corrected chi connectivity index (χ1v) is 9.91. The van der Waals surface area contributed by atoms with Crippen molar-refractivity contribution in [2.75, 3.05) is 51.7 Å².